The highest BCUT2D eigenvalue weighted by Gasteiger charge is 2.25. The van der Waals surface area contributed by atoms with Crippen molar-refractivity contribution >= 4 is 11.0 Å². The summed E-state index contributed by atoms with van der Waals surface area (Å²) in [5.74, 6) is 0.296. The molecule has 0 aliphatic carbocycles. The Morgan fingerprint density at radius 3 is 2.74 bits per heavy atom. The number of aromatic nitrogens is 4. The molecule has 0 saturated carbocycles. The quantitative estimate of drug-likeness (QED) is 0.548. The third kappa shape index (κ3) is 2.56. The molecule has 0 bridgehead atoms. The summed E-state index contributed by atoms with van der Waals surface area (Å²) in [6, 6.07) is 10.7. The number of rotatable bonds is 3. The van der Waals surface area contributed by atoms with E-state index < -0.39 is 0 Å². The molecule has 0 spiro atoms. The van der Waals surface area contributed by atoms with E-state index in [0.717, 1.165) is 47.2 Å². The molecule has 0 N–H and O–H groups in total. The number of hydrogen-bond donors (Lipinski definition) is 0. The van der Waals surface area contributed by atoms with Gasteiger partial charge in [0.25, 0.3) is 0 Å². The SMILES string of the molecule is COc1ccc(F)c(-c2nn3c(c2-c2ccc4nccnc4c2)CCC3)c1. The van der Waals surface area contributed by atoms with Gasteiger partial charge in [-0.3, -0.25) is 14.6 Å². The van der Waals surface area contributed by atoms with Crippen molar-refractivity contribution in [2.45, 2.75) is 19.4 Å². The van der Waals surface area contributed by atoms with E-state index >= 15 is 0 Å². The van der Waals surface area contributed by atoms with Crippen LogP contribution >= 0.6 is 0 Å². The van der Waals surface area contributed by atoms with Crippen molar-refractivity contribution in [3.8, 4) is 28.1 Å². The summed E-state index contributed by atoms with van der Waals surface area (Å²) in [6.07, 6.45) is 5.32. The van der Waals surface area contributed by atoms with Crippen LogP contribution in [0.15, 0.2) is 48.8 Å². The molecule has 3 heterocycles. The van der Waals surface area contributed by atoms with Gasteiger partial charge >= 0.3 is 0 Å². The number of aryl methyl sites for hydroxylation is 1. The van der Waals surface area contributed by atoms with Gasteiger partial charge in [-0.25, -0.2) is 4.39 Å². The Morgan fingerprint density at radius 2 is 1.89 bits per heavy atom. The van der Waals surface area contributed by atoms with Crippen molar-refractivity contribution < 1.29 is 9.13 Å². The molecule has 0 radical (unpaired) electrons. The highest BCUT2D eigenvalue weighted by molar-refractivity contribution is 5.88. The fraction of sp³-hybridized carbons (Fsp3) is 0.190. The number of nitrogens with zero attached hydrogens (tertiary/aromatic N) is 4. The standard InChI is InChI=1S/C21H17FN4O/c1-27-14-5-6-16(22)15(12-14)21-20(19-3-2-10-26(19)25-21)13-4-7-17-18(11-13)24-9-8-23-17/h4-9,11-12H,2-3,10H2,1H3. The number of hydrogen-bond acceptors (Lipinski definition) is 4. The van der Waals surface area contributed by atoms with Crippen LogP contribution in [0, 0.1) is 5.82 Å². The first-order chi connectivity index (χ1) is 13.2. The monoisotopic (exact) mass is 360 g/mol. The van der Waals surface area contributed by atoms with E-state index in [9.17, 15) is 4.39 Å². The first kappa shape index (κ1) is 15.9. The van der Waals surface area contributed by atoms with Crippen LogP contribution in [0.5, 0.6) is 5.75 Å². The van der Waals surface area contributed by atoms with E-state index in [1.165, 1.54) is 6.07 Å². The summed E-state index contributed by atoms with van der Waals surface area (Å²) < 4.78 is 22.0. The number of methoxy groups -OCH3 is 1. The zero-order valence-corrected chi connectivity index (χ0v) is 14.8. The lowest BCUT2D eigenvalue weighted by Gasteiger charge is -2.09. The van der Waals surface area contributed by atoms with Gasteiger partial charge in [-0.15, -0.1) is 0 Å². The Morgan fingerprint density at radius 1 is 1.04 bits per heavy atom. The number of benzene rings is 2. The number of halogens is 1. The summed E-state index contributed by atoms with van der Waals surface area (Å²) in [7, 11) is 1.58. The third-order valence-electron chi connectivity index (χ3n) is 5.03. The van der Waals surface area contributed by atoms with E-state index in [-0.39, 0.29) is 5.82 Å². The Bertz CT molecular complexity index is 1170. The lowest BCUT2D eigenvalue weighted by Crippen LogP contribution is -1.95. The molecule has 0 amide bonds. The summed E-state index contributed by atoms with van der Waals surface area (Å²) in [5, 5.41) is 4.74. The highest BCUT2D eigenvalue weighted by Crippen LogP contribution is 2.39. The molecule has 27 heavy (non-hydrogen) atoms. The normalized spacial score (nSPS) is 13.1. The van der Waals surface area contributed by atoms with Crippen molar-refractivity contribution in [1.82, 2.24) is 19.7 Å². The van der Waals surface area contributed by atoms with Crippen LogP contribution in [0.25, 0.3) is 33.4 Å². The molecule has 2 aromatic heterocycles. The molecule has 1 aliphatic heterocycles. The Hall–Kier alpha value is -3.28. The van der Waals surface area contributed by atoms with Gasteiger partial charge in [-0.1, -0.05) is 6.07 Å². The molecule has 0 fully saturated rings. The second-order valence-electron chi connectivity index (χ2n) is 6.60. The molecule has 1 aliphatic rings. The zero-order valence-electron chi connectivity index (χ0n) is 14.8. The molecule has 0 saturated heterocycles. The van der Waals surface area contributed by atoms with Crippen LogP contribution in [-0.2, 0) is 13.0 Å². The van der Waals surface area contributed by atoms with E-state index in [1.807, 2.05) is 22.9 Å². The number of fused-ring (bicyclic) bond motifs is 2. The van der Waals surface area contributed by atoms with Crippen LogP contribution in [0.3, 0.4) is 0 Å². The molecule has 2 aromatic carbocycles. The maximum absolute atomic E-state index is 14.7. The predicted molar refractivity (Wildman–Crippen MR) is 101 cm³/mol. The van der Waals surface area contributed by atoms with Crippen LogP contribution in [0.1, 0.15) is 12.1 Å². The van der Waals surface area contributed by atoms with Gasteiger partial charge in [0.2, 0.25) is 0 Å². The molecule has 0 atom stereocenters. The van der Waals surface area contributed by atoms with E-state index in [2.05, 4.69) is 9.97 Å². The fourth-order valence-electron chi connectivity index (χ4n) is 3.76. The summed E-state index contributed by atoms with van der Waals surface area (Å²) >= 11 is 0. The zero-order chi connectivity index (χ0) is 18.4. The van der Waals surface area contributed by atoms with Gasteiger partial charge in [-0.05, 0) is 48.7 Å². The minimum absolute atomic E-state index is 0.311. The fourth-order valence-corrected chi connectivity index (χ4v) is 3.76. The van der Waals surface area contributed by atoms with Gasteiger partial charge < -0.3 is 4.74 Å². The van der Waals surface area contributed by atoms with Gasteiger partial charge in [0.05, 0.1) is 18.1 Å². The van der Waals surface area contributed by atoms with Crippen molar-refractivity contribution in [2.24, 2.45) is 0 Å². The van der Waals surface area contributed by atoms with E-state index in [4.69, 9.17) is 9.84 Å². The van der Waals surface area contributed by atoms with Gasteiger partial charge in [0, 0.05) is 35.8 Å². The second-order valence-corrected chi connectivity index (χ2v) is 6.60. The molecule has 4 aromatic rings. The minimum Gasteiger partial charge on any atom is -0.497 e. The lowest BCUT2D eigenvalue weighted by molar-refractivity contribution is 0.414. The largest absolute Gasteiger partial charge is 0.497 e. The minimum atomic E-state index is -0.311. The van der Waals surface area contributed by atoms with Crippen LogP contribution in [0.2, 0.25) is 0 Å². The second kappa shape index (κ2) is 6.16. The van der Waals surface area contributed by atoms with Crippen molar-refractivity contribution in [2.75, 3.05) is 7.11 Å². The van der Waals surface area contributed by atoms with Crippen molar-refractivity contribution in [3.05, 3.63) is 60.3 Å². The smallest absolute Gasteiger partial charge is 0.132 e. The van der Waals surface area contributed by atoms with Gasteiger partial charge in [0.15, 0.2) is 0 Å². The Labute approximate surface area is 155 Å². The first-order valence-corrected chi connectivity index (χ1v) is 8.89. The van der Waals surface area contributed by atoms with Crippen molar-refractivity contribution in [3.63, 3.8) is 0 Å². The van der Waals surface area contributed by atoms with Crippen molar-refractivity contribution in [1.29, 1.82) is 0 Å². The van der Waals surface area contributed by atoms with Gasteiger partial charge in [0.1, 0.15) is 17.3 Å². The number of ether oxygens (including phenoxy) is 1. The van der Waals surface area contributed by atoms with E-state index in [1.54, 1.807) is 31.6 Å². The molecule has 6 heteroatoms. The molecule has 0 unspecified atom stereocenters. The Kier molecular flexibility index (Phi) is 3.63. The van der Waals surface area contributed by atoms with Gasteiger partial charge in [-0.2, -0.15) is 5.10 Å². The molecular formula is C21H17FN4O. The molecule has 5 nitrogen and oxygen atoms in total. The lowest BCUT2D eigenvalue weighted by atomic mass is 9.97. The highest BCUT2D eigenvalue weighted by atomic mass is 19.1. The molecule has 134 valence electrons. The van der Waals surface area contributed by atoms with Crippen LogP contribution < -0.4 is 4.74 Å². The van der Waals surface area contributed by atoms with E-state index in [0.29, 0.717) is 17.0 Å². The topological polar surface area (TPSA) is 52.8 Å². The van der Waals surface area contributed by atoms with Crippen LogP contribution in [-0.4, -0.2) is 26.9 Å². The summed E-state index contributed by atoms with van der Waals surface area (Å²) in [4.78, 5) is 8.74. The average molecular weight is 360 g/mol. The first-order valence-electron chi connectivity index (χ1n) is 8.89. The van der Waals surface area contributed by atoms with Crippen LogP contribution in [0.4, 0.5) is 4.39 Å². The molecular weight excluding hydrogens is 343 g/mol. The molecule has 5 rings (SSSR count). The predicted octanol–water partition coefficient (Wildman–Crippen LogP) is 4.25. The maximum atomic E-state index is 14.7. The Balaban J connectivity index is 1.77. The average Bonchev–Trinajstić information content (AvgIpc) is 3.29. The summed E-state index contributed by atoms with van der Waals surface area (Å²) in [5.41, 5.74) is 5.81. The third-order valence-corrected chi connectivity index (χ3v) is 5.03. The summed E-state index contributed by atoms with van der Waals surface area (Å²) in [6.45, 7) is 0.849. The maximum Gasteiger partial charge on any atom is 0.132 e.